The Balaban J connectivity index is 1.41. The lowest BCUT2D eigenvalue weighted by atomic mass is 10.1. The molecule has 2 aromatic rings. The van der Waals surface area contributed by atoms with E-state index in [9.17, 15) is 14.2 Å². The smallest absolute Gasteiger partial charge is 0.459 e. The number of ether oxygens (including phenoxy) is 3. The van der Waals surface area contributed by atoms with Crippen LogP contribution in [0.3, 0.4) is 0 Å². The second kappa shape index (κ2) is 12.5. The van der Waals surface area contributed by atoms with Crippen LogP contribution < -0.4 is 15.3 Å². The van der Waals surface area contributed by atoms with Gasteiger partial charge in [-0.05, 0) is 69.7 Å². The standard InChI is InChI=1S/C26H36N3O8P/c1-5-6-18(3)35-25(30)19(4)28-38(32,37-22-11-9-21(10-12-22)20-7-8-20)34-16-24-33-15-23(36-24)29-14-13-17(2)27-26(29)31/h9-14,18-20,23-24H,5-8,15-16H2,1-4H3,(H,28,32)/t18-,19-,23-,24-,38+/m0/s1. The van der Waals surface area contributed by atoms with E-state index in [1.54, 1.807) is 31.3 Å². The van der Waals surface area contributed by atoms with E-state index in [4.69, 9.17) is 23.3 Å². The topological polar surface area (TPSA) is 127 Å². The summed E-state index contributed by atoms with van der Waals surface area (Å²) >= 11 is 0. The number of hydrogen-bond acceptors (Lipinski definition) is 9. The first kappa shape index (κ1) is 28.4. The lowest BCUT2D eigenvalue weighted by Gasteiger charge is -2.24. The van der Waals surface area contributed by atoms with E-state index < -0.39 is 38.0 Å². The number of aryl methyl sites for hydroxylation is 1. The van der Waals surface area contributed by atoms with Gasteiger partial charge in [0.25, 0.3) is 0 Å². The molecule has 1 saturated heterocycles. The zero-order valence-electron chi connectivity index (χ0n) is 22.2. The molecule has 1 aromatic heterocycles. The van der Waals surface area contributed by atoms with Gasteiger partial charge in [-0.25, -0.2) is 9.36 Å². The van der Waals surface area contributed by atoms with Gasteiger partial charge in [-0.3, -0.25) is 13.9 Å². The van der Waals surface area contributed by atoms with Crippen LogP contribution in [0.15, 0.2) is 41.3 Å². The molecule has 2 aliphatic rings. The summed E-state index contributed by atoms with van der Waals surface area (Å²) in [5, 5.41) is 2.68. The van der Waals surface area contributed by atoms with Crippen molar-refractivity contribution in [1.29, 1.82) is 0 Å². The van der Waals surface area contributed by atoms with E-state index in [0.29, 0.717) is 23.8 Å². The van der Waals surface area contributed by atoms with E-state index >= 15 is 0 Å². The second-order valence-corrected chi connectivity index (χ2v) is 11.4. The average molecular weight is 550 g/mol. The minimum absolute atomic E-state index is 0.0813. The normalized spacial score (nSPS) is 22.4. The van der Waals surface area contributed by atoms with Crippen molar-refractivity contribution >= 4 is 13.7 Å². The summed E-state index contributed by atoms with van der Waals surface area (Å²) in [5.41, 5.74) is 1.33. The largest absolute Gasteiger partial charge is 0.462 e. The summed E-state index contributed by atoms with van der Waals surface area (Å²) in [6.07, 6.45) is 3.58. The first-order valence-corrected chi connectivity index (χ1v) is 14.6. The zero-order valence-corrected chi connectivity index (χ0v) is 23.1. The van der Waals surface area contributed by atoms with Crippen LogP contribution >= 0.6 is 7.75 Å². The molecular weight excluding hydrogens is 513 g/mol. The van der Waals surface area contributed by atoms with Gasteiger partial charge in [-0.15, -0.1) is 0 Å². The lowest BCUT2D eigenvalue weighted by molar-refractivity contribution is -0.150. The van der Waals surface area contributed by atoms with Crippen LogP contribution in [0.4, 0.5) is 0 Å². The van der Waals surface area contributed by atoms with Gasteiger partial charge in [0.05, 0.1) is 12.7 Å². The van der Waals surface area contributed by atoms with Crippen LogP contribution in [-0.2, 0) is 28.1 Å². The number of hydrogen-bond donors (Lipinski definition) is 1. The molecule has 1 aliphatic carbocycles. The molecule has 1 saturated carbocycles. The number of carbonyl (C=O) groups is 1. The van der Waals surface area contributed by atoms with Crippen LogP contribution in [0.2, 0.25) is 0 Å². The van der Waals surface area contributed by atoms with E-state index in [0.717, 1.165) is 19.3 Å². The van der Waals surface area contributed by atoms with Crippen molar-refractivity contribution in [3.63, 3.8) is 0 Å². The zero-order chi connectivity index (χ0) is 27.3. The maximum absolute atomic E-state index is 13.8. The molecule has 4 rings (SSSR count). The molecule has 2 heterocycles. The van der Waals surface area contributed by atoms with Gasteiger partial charge in [0.1, 0.15) is 18.4 Å². The Kier molecular flexibility index (Phi) is 9.38. The van der Waals surface area contributed by atoms with Gasteiger partial charge in [-0.2, -0.15) is 10.1 Å². The van der Waals surface area contributed by atoms with E-state index in [1.807, 2.05) is 26.0 Å². The first-order chi connectivity index (χ1) is 18.2. The Morgan fingerprint density at radius 3 is 2.63 bits per heavy atom. The minimum atomic E-state index is -4.09. The Morgan fingerprint density at radius 1 is 1.24 bits per heavy atom. The predicted octanol–water partition coefficient (Wildman–Crippen LogP) is 4.21. The third kappa shape index (κ3) is 7.74. The summed E-state index contributed by atoms with van der Waals surface area (Å²) in [6, 6.07) is 8.04. The first-order valence-electron chi connectivity index (χ1n) is 13.0. The van der Waals surface area contributed by atoms with Gasteiger partial charge in [0.2, 0.25) is 0 Å². The Morgan fingerprint density at radius 2 is 1.97 bits per heavy atom. The Bertz CT molecular complexity index is 1200. The molecule has 2 fully saturated rings. The highest BCUT2D eigenvalue weighted by molar-refractivity contribution is 7.52. The summed E-state index contributed by atoms with van der Waals surface area (Å²) in [6.45, 7) is 6.87. The number of aromatic nitrogens is 2. The second-order valence-electron chi connectivity index (χ2n) is 9.73. The van der Waals surface area contributed by atoms with Crippen LogP contribution in [0, 0.1) is 6.92 Å². The van der Waals surface area contributed by atoms with Crippen molar-refractivity contribution < 1.29 is 32.6 Å². The number of benzene rings is 1. The van der Waals surface area contributed by atoms with Gasteiger partial charge >= 0.3 is 19.4 Å². The fourth-order valence-electron chi connectivity index (χ4n) is 4.05. The molecule has 38 heavy (non-hydrogen) atoms. The van der Waals surface area contributed by atoms with Crippen molar-refractivity contribution in [2.45, 2.75) is 84.0 Å². The third-order valence-corrected chi connectivity index (χ3v) is 7.91. The highest BCUT2D eigenvalue weighted by Crippen LogP contribution is 2.46. The Labute approximate surface area is 222 Å². The van der Waals surface area contributed by atoms with Crippen molar-refractivity contribution in [1.82, 2.24) is 14.6 Å². The van der Waals surface area contributed by atoms with Gasteiger partial charge in [-0.1, -0.05) is 25.5 Å². The molecule has 1 aromatic carbocycles. The summed E-state index contributed by atoms with van der Waals surface area (Å²) in [5.74, 6) is 0.321. The van der Waals surface area contributed by atoms with Crippen LogP contribution in [0.25, 0.3) is 0 Å². The maximum atomic E-state index is 13.8. The fraction of sp³-hybridized carbons (Fsp3) is 0.577. The number of rotatable bonds is 13. The Hall–Kier alpha value is -2.56. The third-order valence-electron chi connectivity index (χ3n) is 6.27. The molecule has 0 bridgehead atoms. The highest BCUT2D eigenvalue weighted by atomic mass is 31.2. The summed E-state index contributed by atoms with van der Waals surface area (Å²) in [4.78, 5) is 28.7. The van der Waals surface area contributed by atoms with E-state index in [-0.39, 0.29) is 19.3 Å². The van der Waals surface area contributed by atoms with Gasteiger partial charge < -0.3 is 18.7 Å². The molecule has 0 amide bonds. The molecule has 1 N–H and O–H groups in total. The minimum Gasteiger partial charge on any atom is -0.462 e. The van der Waals surface area contributed by atoms with Crippen LogP contribution in [0.5, 0.6) is 5.75 Å². The van der Waals surface area contributed by atoms with Crippen LogP contribution in [0.1, 0.15) is 69.9 Å². The summed E-state index contributed by atoms with van der Waals surface area (Å²) < 4.78 is 43.4. The molecular formula is C26H36N3O8P. The van der Waals surface area contributed by atoms with Crippen molar-refractivity contribution in [3.8, 4) is 5.75 Å². The molecule has 0 spiro atoms. The quantitative estimate of drug-likeness (QED) is 0.287. The van der Waals surface area contributed by atoms with Gasteiger partial charge in [0.15, 0.2) is 12.5 Å². The number of nitrogens with zero attached hydrogens (tertiary/aromatic N) is 2. The highest BCUT2D eigenvalue weighted by Gasteiger charge is 2.36. The van der Waals surface area contributed by atoms with Crippen molar-refractivity contribution in [2.24, 2.45) is 0 Å². The molecule has 11 nitrogen and oxygen atoms in total. The van der Waals surface area contributed by atoms with E-state index in [1.165, 1.54) is 17.1 Å². The van der Waals surface area contributed by atoms with Crippen molar-refractivity contribution in [3.05, 3.63) is 58.3 Å². The molecule has 208 valence electrons. The molecule has 12 heteroatoms. The average Bonchev–Trinajstić information content (AvgIpc) is 3.61. The summed E-state index contributed by atoms with van der Waals surface area (Å²) in [7, 11) is -4.09. The van der Waals surface area contributed by atoms with E-state index in [2.05, 4.69) is 10.1 Å². The van der Waals surface area contributed by atoms with Crippen molar-refractivity contribution in [2.75, 3.05) is 13.2 Å². The SMILES string of the molecule is CCC[C@H](C)OC(=O)[C@H](C)N[P@@](=O)(OC[C@H]1OC[C@@H](n2ccc(C)nc2=O)O1)Oc1ccc(C2CC2)cc1. The maximum Gasteiger partial charge on any atom is 0.459 e. The van der Waals surface area contributed by atoms with Crippen LogP contribution in [-0.4, -0.2) is 47.2 Å². The number of carbonyl (C=O) groups excluding carboxylic acids is 1. The van der Waals surface area contributed by atoms with Gasteiger partial charge in [0, 0.05) is 11.9 Å². The predicted molar refractivity (Wildman–Crippen MR) is 139 cm³/mol. The fourth-order valence-corrected chi connectivity index (χ4v) is 5.53. The molecule has 0 radical (unpaired) electrons. The number of esters is 1. The lowest BCUT2D eigenvalue weighted by Crippen LogP contribution is -2.37. The molecule has 0 unspecified atom stereocenters. The number of nitrogens with one attached hydrogen (secondary N) is 1. The molecule has 1 aliphatic heterocycles. The molecule has 5 atom stereocenters. The monoisotopic (exact) mass is 549 g/mol.